The molecule has 4 heteroatoms. The zero-order valence-electron chi connectivity index (χ0n) is 18.4. The molecule has 0 aliphatic rings. The van der Waals surface area contributed by atoms with Crippen LogP contribution in [0.25, 0.3) is 32.8 Å². The Morgan fingerprint density at radius 2 is 1.18 bits per heavy atom. The van der Waals surface area contributed by atoms with E-state index in [0.29, 0.717) is 5.57 Å². The minimum atomic E-state index is -3.23. The molecule has 0 saturated carbocycles. The van der Waals surface area contributed by atoms with Gasteiger partial charge >= 0.3 is 0 Å². The van der Waals surface area contributed by atoms with Crippen LogP contribution < -0.4 is 16.2 Å². The fourth-order valence-electron chi connectivity index (χ4n) is 4.49. The quantitative estimate of drug-likeness (QED) is 0.238. The zero-order chi connectivity index (χ0) is 23.0. The minimum Gasteiger partial charge on any atom is -0.305 e. The van der Waals surface area contributed by atoms with Crippen molar-refractivity contribution in [3.63, 3.8) is 0 Å². The van der Waals surface area contributed by atoms with Gasteiger partial charge in [-0.3, -0.25) is 0 Å². The summed E-state index contributed by atoms with van der Waals surface area (Å²) in [5, 5.41) is 6.25. The number of fused-ring (bicyclic) bond motifs is 3. The molecule has 0 aliphatic heterocycles. The van der Waals surface area contributed by atoms with E-state index in [9.17, 15) is 4.57 Å². The topological polar surface area (TPSA) is 42.9 Å². The van der Waals surface area contributed by atoms with Crippen molar-refractivity contribution < 1.29 is 4.57 Å². The molecular formula is C30H21N2OP. The maximum absolute atomic E-state index is 14.6. The highest BCUT2D eigenvalue weighted by Crippen LogP contribution is 2.41. The van der Waals surface area contributed by atoms with E-state index in [1.807, 2.05) is 66.7 Å². The van der Waals surface area contributed by atoms with Crippen molar-refractivity contribution in [3.05, 3.63) is 128 Å². The fraction of sp³-hybridized carbons (Fsp3) is 0. The van der Waals surface area contributed by atoms with Crippen LogP contribution >= 0.6 is 7.14 Å². The van der Waals surface area contributed by atoms with Gasteiger partial charge in [-0.05, 0) is 33.7 Å². The van der Waals surface area contributed by atoms with Gasteiger partial charge in [-0.15, -0.1) is 0 Å². The molecule has 1 heterocycles. The summed E-state index contributed by atoms with van der Waals surface area (Å²) in [5.41, 5.74) is 2.08. The molecule has 0 radical (unpaired) electrons. The predicted octanol–water partition coefficient (Wildman–Crippen LogP) is 6.09. The van der Waals surface area contributed by atoms with Gasteiger partial charge in [0.25, 0.3) is 0 Å². The van der Waals surface area contributed by atoms with Crippen molar-refractivity contribution in [2.45, 2.75) is 0 Å². The number of nitrogens with zero attached hydrogens (tertiary/aromatic N) is 2. The maximum atomic E-state index is 14.6. The first kappa shape index (κ1) is 20.5. The molecule has 34 heavy (non-hydrogen) atoms. The fourth-order valence-corrected chi connectivity index (χ4v) is 6.91. The van der Waals surface area contributed by atoms with Crippen molar-refractivity contribution >= 4 is 44.9 Å². The van der Waals surface area contributed by atoms with Gasteiger partial charge in [0, 0.05) is 22.4 Å². The average molecular weight is 456 g/mol. The lowest BCUT2D eigenvalue weighted by Crippen LogP contribution is -2.29. The third-order valence-corrected chi connectivity index (χ3v) is 9.03. The SMILES string of the molecule is O=P(c1ccccc1)(c1ccccc1)c1nccc(-c2ccc3c(ccc4ccccc43)c2)n1. The van der Waals surface area contributed by atoms with Crippen LogP contribution in [0.2, 0.25) is 0 Å². The molecule has 0 N–H and O–H groups in total. The van der Waals surface area contributed by atoms with Crippen molar-refractivity contribution in [1.82, 2.24) is 9.97 Å². The standard InChI is InChI=1S/C30H21N2OP/c33-34(25-10-3-1-4-11-25,26-12-5-2-6-13-26)30-31-20-19-29(32-30)24-17-18-28-23(21-24)16-15-22-9-7-8-14-27(22)28/h1-21H. The highest BCUT2D eigenvalue weighted by molar-refractivity contribution is 7.84. The summed E-state index contributed by atoms with van der Waals surface area (Å²) in [6.07, 6.45) is 1.71. The number of hydrogen-bond donors (Lipinski definition) is 0. The van der Waals surface area contributed by atoms with Crippen LogP contribution in [0.3, 0.4) is 0 Å². The minimum absolute atomic E-state index is 0.348. The van der Waals surface area contributed by atoms with Crippen molar-refractivity contribution in [3.8, 4) is 11.3 Å². The Bertz CT molecular complexity index is 1640. The summed E-state index contributed by atoms with van der Waals surface area (Å²) >= 11 is 0. The summed E-state index contributed by atoms with van der Waals surface area (Å²) in [6, 6.07) is 40.0. The Hall–Kier alpha value is -4.07. The van der Waals surface area contributed by atoms with Crippen LogP contribution in [0.4, 0.5) is 0 Å². The molecule has 0 spiro atoms. The normalized spacial score (nSPS) is 11.6. The molecule has 0 fully saturated rings. The largest absolute Gasteiger partial charge is 0.305 e. The molecule has 0 saturated heterocycles. The van der Waals surface area contributed by atoms with E-state index in [0.717, 1.165) is 27.3 Å². The average Bonchev–Trinajstić information content (AvgIpc) is 2.93. The Morgan fingerprint density at radius 1 is 0.559 bits per heavy atom. The van der Waals surface area contributed by atoms with Crippen molar-refractivity contribution in [2.75, 3.05) is 0 Å². The van der Waals surface area contributed by atoms with Gasteiger partial charge in [-0.25, -0.2) is 9.97 Å². The number of rotatable bonds is 4. The maximum Gasteiger partial charge on any atom is 0.206 e. The lowest BCUT2D eigenvalue weighted by molar-refractivity contribution is 0.591. The Labute approximate surface area is 198 Å². The van der Waals surface area contributed by atoms with E-state index in [-0.39, 0.29) is 0 Å². The third-order valence-electron chi connectivity index (χ3n) is 6.20. The third kappa shape index (κ3) is 3.42. The van der Waals surface area contributed by atoms with Crippen LogP contribution in [0.1, 0.15) is 0 Å². The van der Waals surface area contributed by atoms with E-state index >= 15 is 0 Å². The van der Waals surface area contributed by atoms with Crippen molar-refractivity contribution in [2.24, 2.45) is 0 Å². The second-order valence-electron chi connectivity index (χ2n) is 8.24. The van der Waals surface area contributed by atoms with Crippen molar-refractivity contribution in [1.29, 1.82) is 0 Å². The highest BCUT2D eigenvalue weighted by atomic mass is 31.2. The molecule has 1 aromatic heterocycles. The zero-order valence-corrected chi connectivity index (χ0v) is 19.3. The first-order chi connectivity index (χ1) is 16.7. The highest BCUT2D eigenvalue weighted by Gasteiger charge is 2.32. The monoisotopic (exact) mass is 456 g/mol. The van der Waals surface area contributed by atoms with E-state index in [4.69, 9.17) is 4.98 Å². The van der Waals surface area contributed by atoms with Crippen LogP contribution in [0, 0.1) is 0 Å². The van der Waals surface area contributed by atoms with E-state index < -0.39 is 7.14 Å². The number of aromatic nitrogens is 2. The van der Waals surface area contributed by atoms with Gasteiger partial charge in [0.1, 0.15) is 0 Å². The van der Waals surface area contributed by atoms with Gasteiger partial charge in [0.2, 0.25) is 7.14 Å². The Morgan fingerprint density at radius 3 is 1.91 bits per heavy atom. The molecule has 6 aromatic rings. The summed E-state index contributed by atoms with van der Waals surface area (Å²) in [7, 11) is -3.23. The van der Waals surface area contributed by atoms with Gasteiger partial charge in [-0.1, -0.05) is 109 Å². The molecule has 0 amide bonds. The summed E-state index contributed by atoms with van der Waals surface area (Å²) < 4.78 is 14.6. The Balaban J connectivity index is 1.51. The second-order valence-corrected chi connectivity index (χ2v) is 10.9. The summed E-state index contributed by atoms with van der Waals surface area (Å²) in [6.45, 7) is 0. The van der Waals surface area contributed by atoms with E-state index in [1.165, 1.54) is 16.2 Å². The van der Waals surface area contributed by atoms with Crippen LogP contribution in [-0.4, -0.2) is 9.97 Å². The summed E-state index contributed by atoms with van der Waals surface area (Å²) in [4.78, 5) is 9.38. The van der Waals surface area contributed by atoms with E-state index in [2.05, 4.69) is 59.6 Å². The smallest absolute Gasteiger partial charge is 0.206 e. The number of benzene rings is 5. The van der Waals surface area contributed by atoms with Gasteiger partial charge < -0.3 is 4.57 Å². The number of hydrogen-bond acceptors (Lipinski definition) is 3. The molecule has 0 aliphatic carbocycles. The predicted molar refractivity (Wildman–Crippen MR) is 142 cm³/mol. The van der Waals surface area contributed by atoms with Gasteiger partial charge in [0.05, 0.1) is 5.69 Å². The van der Waals surface area contributed by atoms with Gasteiger partial charge in [-0.2, -0.15) is 0 Å². The molecule has 6 rings (SSSR count). The van der Waals surface area contributed by atoms with E-state index in [1.54, 1.807) is 6.20 Å². The van der Waals surface area contributed by atoms with Gasteiger partial charge in [0.15, 0.2) is 5.57 Å². The lowest BCUT2D eigenvalue weighted by Gasteiger charge is -2.18. The first-order valence-electron chi connectivity index (χ1n) is 11.2. The molecule has 0 unspecified atom stereocenters. The molecular weight excluding hydrogens is 435 g/mol. The van der Waals surface area contributed by atoms with Crippen LogP contribution in [0.15, 0.2) is 128 Å². The first-order valence-corrected chi connectivity index (χ1v) is 12.9. The van der Waals surface area contributed by atoms with Crippen LogP contribution in [0.5, 0.6) is 0 Å². The molecule has 0 bridgehead atoms. The molecule has 162 valence electrons. The Kier molecular flexibility index (Phi) is 5.05. The molecule has 0 atom stereocenters. The second kappa shape index (κ2) is 8.37. The summed E-state index contributed by atoms with van der Waals surface area (Å²) in [5.74, 6) is 0. The molecule has 3 nitrogen and oxygen atoms in total. The van der Waals surface area contributed by atoms with Crippen LogP contribution in [-0.2, 0) is 4.57 Å². The molecule has 5 aromatic carbocycles. The lowest BCUT2D eigenvalue weighted by atomic mass is 9.99.